The molecule has 34 heavy (non-hydrogen) atoms. The normalized spacial score (nSPS) is 17.4. The first-order valence-electron chi connectivity index (χ1n) is 11.4. The van der Waals surface area contributed by atoms with Crippen molar-refractivity contribution in [2.24, 2.45) is 0 Å². The van der Waals surface area contributed by atoms with Crippen LogP contribution in [0.3, 0.4) is 0 Å². The summed E-state index contributed by atoms with van der Waals surface area (Å²) < 4.78 is 18.9. The molecule has 1 atom stereocenters. The fraction of sp³-hybridized carbons (Fsp3) is 0.346. The van der Waals surface area contributed by atoms with E-state index in [0.717, 1.165) is 21.8 Å². The fourth-order valence-electron chi connectivity index (χ4n) is 4.30. The molecule has 2 aromatic carbocycles. The number of hydrogen-bond donors (Lipinski definition) is 2. The van der Waals surface area contributed by atoms with Gasteiger partial charge in [0.1, 0.15) is 0 Å². The van der Waals surface area contributed by atoms with Gasteiger partial charge < -0.3 is 15.4 Å². The molecule has 2 amide bonds. The van der Waals surface area contributed by atoms with Gasteiger partial charge in [-0.05, 0) is 37.0 Å². The van der Waals surface area contributed by atoms with Crippen molar-refractivity contribution in [1.82, 2.24) is 15.6 Å². The molecule has 1 fully saturated rings. The van der Waals surface area contributed by atoms with E-state index >= 15 is 0 Å². The van der Waals surface area contributed by atoms with E-state index in [1.54, 1.807) is 23.5 Å². The van der Waals surface area contributed by atoms with Gasteiger partial charge in [0.2, 0.25) is 11.8 Å². The Morgan fingerprint density at radius 2 is 2.09 bits per heavy atom. The summed E-state index contributed by atoms with van der Waals surface area (Å²) in [4.78, 5) is 29.2. The molecular formula is C26H28FN3O3S. The number of rotatable bonds is 10. The first-order valence-corrected chi connectivity index (χ1v) is 12.2. The van der Waals surface area contributed by atoms with Crippen LogP contribution >= 0.6 is 11.3 Å². The summed E-state index contributed by atoms with van der Waals surface area (Å²) >= 11 is 1.59. The smallest absolute Gasteiger partial charge is 0.220 e. The van der Waals surface area contributed by atoms with Gasteiger partial charge in [0, 0.05) is 42.3 Å². The lowest BCUT2D eigenvalue weighted by Crippen LogP contribution is -2.44. The second kappa shape index (κ2) is 10.8. The van der Waals surface area contributed by atoms with Crippen molar-refractivity contribution in [3.05, 3.63) is 70.3 Å². The Morgan fingerprint density at radius 3 is 2.82 bits per heavy atom. The zero-order chi connectivity index (χ0) is 24.0. The zero-order valence-corrected chi connectivity index (χ0v) is 19.9. The molecule has 0 unspecified atom stereocenters. The number of ether oxygens (including phenoxy) is 1. The number of methoxy groups -OCH3 is 1. The van der Waals surface area contributed by atoms with E-state index in [-0.39, 0.29) is 17.6 Å². The molecule has 1 aliphatic rings. The van der Waals surface area contributed by atoms with Crippen LogP contribution in [0.2, 0.25) is 0 Å². The number of hydrogen-bond acceptors (Lipinski definition) is 5. The number of halogens is 1. The van der Waals surface area contributed by atoms with Gasteiger partial charge >= 0.3 is 0 Å². The predicted octanol–water partition coefficient (Wildman–Crippen LogP) is 4.29. The van der Waals surface area contributed by atoms with Gasteiger partial charge in [-0.15, -0.1) is 11.3 Å². The highest BCUT2D eigenvalue weighted by atomic mass is 32.1. The third kappa shape index (κ3) is 5.99. The fourth-order valence-corrected chi connectivity index (χ4v) is 5.11. The Bertz CT molecular complexity index is 1150. The SMILES string of the molecule is COc1cc(C[C@@]2(CCC(=O)NCCc3nc(-c4ccccc4)cs3)CCC(=O)N2)ccc1F. The van der Waals surface area contributed by atoms with Crippen LogP contribution in [-0.2, 0) is 22.4 Å². The van der Waals surface area contributed by atoms with Crippen LogP contribution in [0.5, 0.6) is 5.75 Å². The Kier molecular flexibility index (Phi) is 7.57. The Labute approximate surface area is 202 Å². The molecule has 0 saturated carbocycles. The number of thiazole rings is 1. The van der Waals surface area contributed by atoms with Gasteiger partial charge in [-0.3, -0.25) is 9.59 Å². The van der Waals surface area contributed by atoms with Gasteiger partial charge in [-0.25, -0.2) is 9.37 Å². The molecule has 0 bridgehead atoms. The molecule has 1 aliphatic heterocycles. The number of aromatic nitrogens is 1. The number of nitrogens with zero attached hydrogens (tertiary/aromatic N) is 1. The van der Waals surface area contributed by atoms with Crippen LogP contribution in [0.4, 0.5) is 4.39 Å². The lowest BCUT2D eigenvalue weighted by molar-refractivity contribution is -0.122. The van der Waals surface area contributed by atoms with Gasteiger partial charge in [0.15, 0.2) is 11.6 Å². The molecular weight excluding hydrogens is 453 g/mol. The van der Waals surface area contributed by atoms with Crippen molar-refractivity contribution in [3.63, 3.8) is 0 Å². The first kappa shape index (κ1) is 23.9. The maximum atomic E-state index is 13.8. The Hall–Kier alpha value is -3.26. The molecule has 1 aromatic heterocycles. The van der Waals surface area contributed by atoms with E-state index in [0.29, 0.717) is 45.1 Å². The average Bonchev–Trinajstić information content (AvgIpc) is 3.47. The van der Waals surface area contributed by atoms with E-state index in [1.165, 1.54) is 13.2 Å². The third-order valence-electron chi connectivity index (χ3n) is 6.11. The van der Waals surface area contributed by atoms with E-state index in [1.807, 2.05) is 35.7 Å². The summed E-state index contributed by atoms with van der Waals surface area (Å²) in [5.74, 6) is -0.330. The van der Waals surface area contributed by atoms with Crippen molar-refractivity contribution in [2.45, 2.75) is 44.1 Å². The molecule has 0 aliphatic carbocycles. The number of carbonyl (C=O) groups excluding carboxylic acids is 2. The van der Waals surface area contributed by atoms with Crippen LogP contribution in [0.1, 0.15) is 36.3 Å². The average molecular weight is 482 g/mol. The molecule has 2 heterocycles. The second-order valence-corrected chi connectivity index (χ2v) is 9.51. The van der Waals surface area contributed by atoms with Gasteiger partial charge in [-0.1, -0.05) is 36.4 Å². The highest BCUT2D eigenvalue weighted by molar-refractivity contribution is 7.09. The molecule has 4 rings (SSSR count). The van der Waals surface area contributed by atoms with Gasteiger partial charge in [0.05, 0.1) is 17.8 Å². The Morgan fingerprint density at radius 1 is 1.26 bits per heavy atom. The van der Waals surface area contributed by atoms with Gasteiger partial charge in [0.25, 0.3) is 0 Å². The topological polar surface area (TPSA) is 80.3 Å². The van der Waals surface area contributed by atoms with Crippen molar-refractivity contribution in [1.29, 1.82) is 0 Å². The summed E-state index contributed by atoms with van der Waals surface area (Å²) in [5.41, 5.74) is 2.37. The first-order chi connectivity index (χ1) is 16.5. The highest BCUT2D eigenvalue weighted by Crippen LogP contribution is 2.31. The van der Waals surface area contributed by atoms with Crippen molar-refractivity contribution in [2.75, 3.05) is 13.7 Å². The number of benzene rings is 2. The molecule has 178 valence electrons. The molecule has 8 heteroatoms. The van der Waals surface area contributed by atoms with E-state index in [4.69, 9.17) is 4.74 Å². The van der Waals surface area contributed by atoms with Gasteiger partial charge in [-0.2, -0.15) is 0 Å². The van der Waals surface area contributed by atoms with Crippen molar-refractivity contribution in [3.8, 4) is 17.0 Å². The molecule has 6 nitrogen and oxygen atoms in total. The highest BCUT2D eigenvalue weighted by Gasteiger charge is 2.38. The summed E-state index contributed by atoms with van der Waals surface area (Å²) in [5, 5.41) is 9.04. The molecule has 0 radical (unpaired) electrons. The van der Waals surface area contributed by atoms with E-state index < -0.39 is 11.4 Å². The molecule has 1 saturated heterocycles. The maximum absolute atomic E-state index is 13.8. The summed E-state index contributed by atoms with van der Waals surface area (Å²) in [6, 6.07) is 14.7. The predicted molar refractivity (Wildman–Crippen MR) is 130 cm³/mol. The molecule has 2 N–H and O–H groups in total. The lowest BCUT2D eigenvalue weighted by Gasteiger charge is -2.29. The quantitative estimate of drug-likeness (QED) is 0.453. The van der Waals surface area contributed by atoms with Crippen LogP contribution in [0, 0.1) is 5.82 Å². The van der Waals surface area contributed by atoms with Crippen molar-refractivity contribution < 1.29 is 18.7 Å². The summed E-state index contributed by atoms with van der Waals surface area (Å²) in [7, 11) is 1.42. The van der Waals surface area contributed by atoms with Crippen molar-refractivity contribution >= 4 is 23.2 Å². The third-order valence-corrected chi connectivity index (χ3v) is 7.01. The minimum Gasteiger partial charge on any atom is -0.494 e. The summed E-state index contributed by atoms with van der Waals surface area (Å²) in [6.45, 7) is 0.509. The number of amides is 2. The minimum atomic E-state index is -0.517. The standard InChI is InChI=1S/C26H28FN3O3S/c1-33-22-15-18(7-8-20(22)27)16-26(13-10-24(32)30-26)12-9-23(31)28-14-11-25-29-21(17-34-25)19-5-3-2-4-6-19/h2-8,15,17H,9-14,16H2,1H3,(H,28,31)(H,30,32)/t26-/m1/s1. The van der Waals surface area contributed by atoms with E-state index in [9.17, 15) is 14.0 Å². The maximum Gasteiger partial charge on any atom is 0.220 e. The van der Waals surface area contributed by atoms with Crippen LogP contribution < -0.4 is 15.4 Å². The lowest BCUT2D eigenvalue weighted by atomic mass is 9.85. The van der Waals surface area contributed by atoms with Crippen LogP contribution in [-0.4, -0.2) is 36.0 Å². The molecule has 0 spiro atoms. The summed E-state index contributed by atoms with van der Waals surface area (Å²) in [6.07, 6.45) is 3.06. The van der Waals surface area contributed by atoms with Crippen LogP contribution in [0.25, 0.3) is 11.3 Å². The van der Waals surface area contributed by atoms with E-state index in [2.05, 4.69) is 15.6 Å². The molecule has 3 aromatic rings. The number of carbonyl (C=O) groups is 2. The number of nitrogens with one attached hydrogen (secondary N) is 2. The van der Waals surface area contributed by atoms with Crippen LogP contribution in [0.15, 0.2) is 53.9 Å². The monoisotopic (exact) mass is 481 g/mol. The second-order valence-electron chi connectivity index (χ2n) is 8.57. The minimum absolute atomic E-state index is 0.0209. The zero-order valence-electron chi connectivity index (χ0n) is 19.1. The largest absolute Gasteiger partial charge is 0.494 e. The Balaban J connectivity index is 1.29.